The number of alkyl halides is 1. The molecule has 4 aromatic rings. The number of halogens is 1. The van der Waals surface area contributed by atoms with E-state index in [-0.39, 0.29) is 40.6 Å². The maximum absolute atomic E-state index is 15.9. The second kappa shape index (κ2) is 11.0. The van der Waals surface area contributed by atoms with Gasteiger partial charge in [0.05, 0.1) is 31.9 Å². The Bertz CT molecular complexity index is 1910. The van der Waals surface area contributed by atoms with E-state index in [2.05, 4.69) is 29.9 Å². The number of H-pyrrole nitrogens is 2. The van der Waals surface area contributed by atoms with Crippen LogP contribution in [0.5, 0.6) is 0 Å². The van der Waals surface area contributed by atoms with E-state index in [1.807, 2.05) is 0 Å². The highest BCUT2D eigenvalue weighted by molar-refractivity contribution is 7.47. The molecule has 4 unspecified atom stereocenters. The monoisotopic (exact) mass is 690 g/mol. The summed E-state index contributed by atoms with van der Waals surface area (Å²) in [5.41, 5.74) is 9.38. The molecule has 1 saturated carbocycles. The zero-order valence-corrected chi connectivity index (χ0v) is 24.8. The number of aliphatic hydroxyl groups excluding tert-OH is 1. The lowest BCUT2D eigenvalue weighted by molar-refractivity contribution is -0.0592. The van der Waals surface area contributed by atoms with Crippen molar-refractivity contribution in [3.8, 4) is 0 Å². The Labute approximate surface area is 253 Å². The van der Waals surface area contributed by atoms with Gasteiger partial charge in [-0.3, -0.25) is 42.2 Å². The van der Waals surface area contributed by atoms with Crippen LogP contribution in [0.4, 0.5) is 16.3 Å². The fraction of sp³-hybridized carbons (Fsp3) is 0.524. The lowest BCUT2D eigenvalue weighted by Gasteiger charge is -2.28. The molecule has 0 radical (unpaired) electrons. The molecule has 0 aromatic carbocycles. The lowest BCUT2D eigenvalue weighted by Crippen LogP contribution is -2.36. The topological polar surface area (TPSA) is 320 Å². The minimum Gasteiger partial charge on any atom is -0.388 e. The van der Waals surface area contributed by atoms with E-state index in [0.717, 1.165) is 10.9 Å². The third-order valence-corrected chi connectivity index (χ3v) is 9.87. The molecule has 0 amide bonds. The van der Waals surface area contributed by atoms with Crippen LogP contribution in [0.1, 0.15) is 18.7 Å². The minimum absolute atomic E-state index is 0.00944. The number of aliphatic hydroxyl groups is 1. The van der Waals surface area contributed by atoms with Crippen molar-refractivity contribution in [1.29, 1.82) is 0 Å². The first-order chi connectivity index (χ1) is 21.7. The summed E-state index contributed by atoms with van der Waals surface area (Å²) in [5, 5.41) is 11.2. The SMILES string of the molecule is Nc1nc2c(ncn2[C@@H]2C[C@@H]3COP(=O)(O)OC4[C@@H](COP(=O)(O)O[C@@H]3C2O)O[C@@H](n2cnc3c(=O)[nH]c(N)nc32)[C@H]4F)c(=O)[nH]1. The molecule has 3 fully saturated rings. The van der Waals surface area contributed by atoms with Crippen molar-refractivity contribution < 1.29 is 51.2 Å². The number of nitrogens with two attached hydrogens (primary N) is 2. The van der Waals surface area contributed by atoms with Crippen molar-refractivity contribution in [2.45, 2.75) is 49.3 Å². The first kappa shape index (κ1) is 31.0. The molecule has 0 bridgehead atoms. The highest BCUT2D eigenvalue weighted by Gasteiger charge is 2.54. The highest BCUT2D eigenvalue weighted by Crippen LogP contribution is 2.55. The number of anilines is 2. The Balaban J connectivity index is 1.18. The van der Waals surface area contributed by atoms with E-state index < -0.39 is 88.8 Å². The molecular formula is C21H25FN10O12P2. The van der Waals surface area contributed by atoms with Crippen LogP contribution in [0.3, 0.4) is 0 Å². The van der Waals surface area contributed by atoms with E-state index in [4.69, 9.17) is 34.3 Å². The average Bonchev–Trinajstić information content (AvgIpc) is 3.72. The van der Waals surface area contributed by atoms with Crippen molar-refractivity contribution in [1.82, 2.24) is 39.0 Å². The number of fused-ring (bicyclic) bond motifs is 4. The number of nitrogens with zero attached hydrogens (tertiary/aromatic N) is 6. The number of hydrogen-bond acceptors (Lipinski definition) is 16. The van der Waals surface area contributed by atoms with Crippen LogP contribution < -0.4 is 22.6 Å². The van der Waals surface area contributed by atoms with Gasteiger partial charge in [-0.25, -0.2) is 23.5 Å². The quantitative estimate of drug-likeness (QED) is 0.119. The Morgan fingerprint density at radius 2 is 1.43 bits per heavy atom. The number of nitrogen functional groups attached to an aromatic ring is 2. The largest absolute Gasteiger partial charge is 0.472 e. The van der Waals surface area contributed by atoms with Crippen LogP contribution in [-0.2, 0) is 32.0 Å². The molecular weight excluding hydrogens is 665 g/mol. The van der Waals surface area contributed by atoms with Gasteiger partial charge in [-0.15, -0.1) is 0 Å². The van der Waals surface area contributed by atoms with E-state index >= 15 is 4.39 Å². The van der Waals surface area contributed by atoms with Crippen LogP contribution in [0.2, 0.25) is 0 Å². The minimum atomic E-state index is -5.10. The highest BCUT2D eigenvalue weighted by atomic mass is 31.2. The van der Waals surface area contributed by atoms with Crippen LogP contribution >= 0.6 is 15.6 Å². The van der Waals surface area contributed by atoms with Gasteiger partial charge in [0.15, 0.2) is 34.7 Å². The van der Waals surface area contributed by atoms with Gasteiger partial charge >= 0.3 is 15.6 Å². The number of phosphoric ester groups is 2. The second-order valence-electron chi connectivity index (χ2n) is 10.8. The van der Waals surface area contributed by atoms with Crippen LogP contribution in [0.15, 0.2) is 22.2 Å². The van der Waals surface area contributed by atoms with Gasteiger partial charge in [-0.1, -0.05) is 0 Å². The maximum atomic E-state index is 15.9. The maximum Gasteiger partial charge on any atom is 0.472 e. The molecule has 2 aliphatic heterocycles. The Hall–Kier alpha value is -3.63. The smallest absolute Gasteiger partial charge is 0.388 e. The molecule has 46 heavy (non-hydrogen) atoms. The van der Waals surface area contributed by atoms with Gasteiger partial charge < -0.3 is 35.7 Å². The van der Waals surface area contributed by atoms with Gasteiger partial charge in [-0.2, -0.15) is 9.97 Å². The number of ether oxygens (including phenoxy) is 1. The Morgan fingerprint density at radius 3 is 2.07 bits per heavy atom. The Morgan fingerprint density at radius 1 is 0.891 bits per heavy atom. The van der Waals surface area contributed by atoms with Gasteiger partial charge in [0.1, 0.15) is 24.4 Å². The molecule has 4 aromatic heterocycles. The standard InChI is InChI=1S/C21H25FN10O12P2/c22-9-14-8(42-19(9)32-5-26-11-16(32)28-21(24)30-18(11)35)3-41-46(38,39)43-13-6(2-40-45(36,37)44-14)1-7(12(13)33)31-4-25-10-15(31)27-20(23)29-17(10)34/h4-9,12-14,19,33H,1-3H2,(H,36,37)(H,38,39)(H3,23,27,29,34)(H3,24,28,30,35)/t6-,7-,8-,9+,12?,13+,14?,19-/m1/s1. The van der Waals surface area contributed by atoms with Crippen molar-refractivity contribution in [2.24, 2.45) is 5.92 Å². The number of aromatic amines is 2. The molecule has 9 N–H and O–H groups in total. The van der Waals surface area contributed by atoms with Crippen LogP contribution in [0, 0.1) is 5.92 Å². The van der Waals surface area contributed by atoms with E-state index in [1.54, 1.807) is 0 Å². The van der Waals surface area contributed by atoms with Crippen molar-refractivity contribution in [3.63, 3.8) is 0 Å². The summed E-state index contributed by atoms with van der Waals surface area (Å²) in [4.78, 5) is 66.0. The number of phosphoric acid groups is 2. The molecule has 7 rings (SSSR count). The molecule has 25 heteroatoms. The third kappa shape index (κ3) is 5.33. The summed E-state index contributed by atoms with van der Waals surface area (Å²) in [6.45, 7) is -1.60. The molecule has 6 heterocycles. The predicted octanol–water partition coefficient (Wildman–Crippen LogP) is -1.41. The number of hydrogen-bond donors (Lipinski definition) is 7. The predicted molar refractivity (Wildman–Crippen MR) is 148 cm³/mol. The van der Waals surface area contributed by atoms with Gasteiger partial charge in [0.2, 0.25) is 11.9 Å². The summed E-state index contributed by atoms with van der Waals surface area (Å²) in [6.07, 6.45) is -8.49. The summed E-state index contributed by atoms with van der Waals surface area (Å²) in [6, 6.07) is -1.000. The molecule has 2 saturated heterocycles. The summed E-state index contributed by atoms with van der Waals surface area (Å²) < 4.78 is 70.8. The third-order valence-electron chi connectivity index (χ3n) is 7.90. The van der Waals surface area contributed by atoms with Crippen molar-refractivity contribution >= 4 is 49.9 Å². The number of imidazole rings is 2. The van der Waals surface area contributed by atoms with E-state index in [1.165, 1.54) is 10.9 Å². The fourth-order valence-corrected chi connectivity index (χ4v) is 7.89. The van der Waals surface area contributed by atoms with Crippen molar-refractivity contribution in [3.05, 3.63) is 33.4 Å². The first-order valence-electron chi connectivity index (χ1n) is 13.4. The van der Waals surface area contributed by atoms with Crippen LogP contribution in [0.25, 0.3) is 22.3 Å². The molecule has 0 spiro atoms. The van der Waals surface area contributed by atoms with Crippen LogP contribution in [-0.4, -0.2) is 97.7 Å². The molecule has 22 nitrogen and oxygen atoms in total. The average molecular weight is 690 g/mol. The number of aromatic nitrogens is 8. The summed E-state index contributed by atoms with van der Waals surface area (Å²) in [7, 11) is -10.2. The second-order valence-corrected chi connectivity index (χ2v) is 13.6. The molecule has 248 valence electrons. The Kier molecular flexibility index (Phi) is 7.40. The molecule has 10 atom stereocenters. The van der Waals surface area contributed by atoms with Gasteiger partial charge in [0, 0.05) is 5.92 Å². The zero-order valence-electron chi connectivity index (χ0n) is 23.0. The van der Waals surface area contributed by atoms with E-state index in [9.17, 15) is 33.6 Å². The van der Waals surface area contributed by atoms with Gasteiger partial charge in [-0.05, 0) is 6.42 Å². The zero-order chi connectivity index (χ0) is 32.7. The summed E-state index contributed by atoms with van der Waals surface area (Å²) in [5.74, 6) is -1.60. The van der Waals surface area contributed by atoms with Crippen molar-refractivity contribution in [2.75, 3.05) is 24.7 Å². The normalized spacial score (nSPS) is 37.1. The number of rotatable bonds is 2. The molecule has 3 aliphatic rings. The first-order valence-corrected chi connectivity index (χ1v) is 16.4. The molecule has 1 aliphatic carbocycles. The van der Waals surface area contributed by atoms with Gasteiger partial charge in [0.25, 0.3) is 11.1 Å². The number of nitrogens with one attached hydrogen (secondary N) is 2. The lowest BCUT2D eigenvalue weighted by atomic mass is 10.1. The summed E-state index contributed by atoms with van der Waals surface area (Å²) >= 11 is 0. The fourth-order valence-electron chi connectivity index (χ4n) is 5.89. The van der Waals surface area contributed by atoms with E-state index in [0.29, 0.717) is 0 Å².